The summed E-state index contributed by atoms with van der Waals surface area (Å²) >= 11 is 3.47. The van der Waals surface area contributed by atoms with E-state index in [2.05, 4.69) is 27.8 Å². The van der Waals surface area contributed by atoms with Crippen LogP contribution >= 0.6 is 15.9 Å². The van der Waals surface area contributed by atoms with Crippen LogP contribution in [0, 0.1) is 5.82 Å². The molecule has 0 radical (unpaired) electrons. The summed E-state index contributed by atoms with van der Waals surface area (Å²) in [5, 5.41) is 0. The molecular weight excluding hydrogens is 307 g/mol. The topological polar surface area (TPSA) is 29.3 Å². The van der Waals surface area contributed by atoms with E-state index in [9.17, 15) is 4.39 Å². The lowest BCUT2D eigenvalue weighted by molar-refractivity contribution is 0.0945. The Morgan fingerprint density at radius 1 is 1.47 bits per heavy atom. The van der Waals surface area contributed by atoms with Gasteiger partial charge < -0.3 is 5.73 Å². The fourth-order valence-corrected chi connectivity index (χ4v) is 3.70. The van der Waals surface area contributed by atoms with Crippen molar-refractivity contribution < 1.29 is 4.39 Å². The first-order valence-electron chi connectivity index (χ1n) is 7.08. The molecule has 0 amide bonds. The zero-order valence-electron chi connectivity index (χ0n) is 11.4. The molecule has 1 aromatic rings. The molecule has 1 aliphatic heterocycles. The second-order valence-electron chi connectivity index (χ2n) is 5.21. The Kier molecular flexibility index (Phi) is 5.37. The Morgan fingerprint density at radius 2 is 2.26 bits per heavy atom. The van der Waals surface area contributed by atoms with Crippen LogP contribution in [0.3, 0.4) is 0 Å². The van der Waals surface area contributed by atoms with E-state index in [1.807, 2.05) is 6.07 Å². The summed E-state index contributed by atoms with van der Waals surface area (Å²) in [7, 11) is 0. The second-order valence-corrected chi connectivity index (χ2v) is 6.07. The molecule has 0 aliphatic carbocycles. The molecule has 4 heteroatoms. The number of hydrogen-bond acceptors (Lipinski definition) is 2. The van der Waals surface area contributed by atoms with E-state index in [0.717, 1.165) is 23.0 Å². The van der Waals surface area contributed by atoms with Crippen LogP contribution < -0.4 is 5.73 Å². The first kappa shape index (κ1) is 14.9. The molecule has 19 heavy (non-hydrogen) atoms. The summed E-state index contributed by atoms with van der Waals surface area (Å²) in [6.45, 7) is 3.89. The average molecular weight is 329 g/mol. The number of benzene rings is 1. The first-order valence-corrected chi connectivity index (χ1v) is 7.87. The third kappa shape index (κ3) is 3.36. The number of rotatable bonds is 4. The summed E-state index contributed by atoms with van der Waals surface area (Å²) < 4.78 is 14.0. The second kappa shape index (κ2) is 6.82. The van der Waals surface area contributed by atoms with Gasteiger partial charge in [0.15, 0.2) is 0 Å². The Morgan fingerprint density at radius 3 is 2.89 bits per heavy atom. The molecule has 0 saturated carbocycles. The number of nitrogens with zero attached hydrogens (tertiary/aromatic N) is 1. The largest absolute Gasteiger partial charge is 0.329 e. The van der Waals surface area contributed by atoms with Crippen molar-refractivity contribution in [2.24, 2.45) is 5.73 Å². The van der Waals surface area contributed by atoms with Gasteiger partial charge in [0.2, 0.25) is 0 Å². The van der Waals surface area contributed by atoms with E-state index in [-0.39, 0.29) is 11.9 Å². The van der Waals surface area contributed by atoms with Crippen molar-refractivity contribution in [2.75, 3.05) is 13.1 Å². The molecule has 1 aliphatic rings. The lowest BCUT2D eigenvalue weighted by atomic mass is 9.95. The molecular formula is C15H22BrFN2. The van der Waals surface area contributed by atoms with Gasteiger partial charge in [-0.25, -0.2) is 4.39 Å². The molecule has 0 bridgehead atoms. The van der Waals surface area contributed by atoms with Gasteiger partial charge in [0.05, 0.1) is 0 Å². The van der Waals surface area contributed by atoms with Crippen molar-refractivity contribution in [2.45, 2.75) is 44.7 Å². The average Bonchev–Trinajstić information content (AvgIpc) is 2.42. The third-order valence-electron chi connectivity index (χ3n) is 4.09. The van der Waals surface area contributed by atoms with Crippen molar-refractivity contribution in [1.29, 1.82) is 0 Å². The molecule has 0 spiro atoms. The predicted octanol–water partition coefficient (Wildman–Crippen LogP) is 3.85. The number of likely N-dealkylation sites (tertiary alicyclic amines) is 1. The maximum Gasteiger partial charge on any atom is 0.124 e. The lowest BCUT2D eigenvalue weighted by Crippen LogP contribution is -2.44. The summed E-state index contributed by atoms with van der Waals surface area (Å²) in [6.07, 6.45) is 4.92. The smallest absolute Gasteiger partial charge is 0.124 e. The normalized spacial score (nSPS) is 22.4. The molecule has 2 unspecified atom stereocenters. The van der Waals surface area contributed by atoms with Gasteiger partial charge in [-0.3, -0.25) is 4.90 Å². The number of nitrogens with two attached hydrogens (primary N) is 1. The van der Waals surface area contributed by atoms with Gasteiger partial charge in [-0.15, -0.1) is 0 Å². The van der Waals surface area contributed by atoms with Crippen LogP contribution in [0.1, 0.15) is 44.2 Å². The van der Waals surface area contributed by atoms with E-state index in [4.69, 9.17) is 5.73 Å². The predicted molar refractivity (Wildman–Crippen MR) is 80.5 cm³/mol. The van der Waals surface area contributed by atoms with Crippen molar-refractivity contribution in [1.82, 2.24) is 4.90 Å². The molecule has 1 aromatic carbocycles. The summed E-state index contributed by atoms with van der Waals surface area (Å²) in [6, 6.07) is 5.69. The van der Waals surface area contributed by atoms with Crippen LogP contribution in [0.5, 0.6) is 0 Å². The Bertz CT molecular complexity index is 425. The maximum atomic E-state index is 13.2. The monoisotopic (exact) mass is 328 g/mol. The highest BCUT2D eigenvalue weighted by molar-refractivity contribution is 9.10. The van der Waals surface area contributed by atoms with Gasteiger partial charge in [0, 0.05) is 23.1 Å². The molecule has 1 saturated heterocycles. The van der Waals surface area contributed by atoms with E-state index in [0.29, 0.717) is 12.6 Å². The standard InChI is InChI=1S/C15H22BrFN2/c1-2-12-5-3-4-8-19(12)15(10-18)13-7-6-11(17)9-14(13)16/h6-7,9,12,15H,2-5,8,10,18H2,1H3. The van der Waals surface area contributed by atoms with Gasteiger partial charge >= 0.3 is 0 Å². The molecule has 106 valence electrons. The quantitative estimate of drug-likeness (QED) is 0.909. The fourth-order valence-electron chi connectivity index (χ4n) is 3.08. The van der Waals surface area contributed by atoms with Crippen LogP contribution in [0.25, 0.3) is 0 Å². The molecule has 2 atom stereocenters. The minimum Gasteiger partial charge on any atom is -0.329 e. The van der Waals surface area contributed by atoms with Gasteiger partial charge in [0.1, 0.15) is 5.82 Å². The Hall–Kier alpha value is -0.450. The Labute approximate surface area is 123 Å². The van der Waals surface area contributed by atoms with Gasteiger partial charge in [0.25, 0.3) is 0 Å². The molecule has 1 fully saturated rings. The zero-order chi connectivity index (χ0) is 13.8. The number of halogens is 2. The van der Waals surface area contributed by atoms with E-state index < -0.39 is 0 Å². The first-order chi connectivity index (χ1) is 9.17. The van der Waals surface area contributed by atoms with Crippen molar-refractivity contribution >= 4 is 15.9 Å². The third-order valence-corrected chi connectivity index (χ3v) is 4.78. The molecule has 2 nitrogen and oxygen atoms in total. The van der Waals surface area contributed by atoms with E-state index in [1.165, 1.54) is 31.4 Å². The van der Waals surface area contributed by atoms with Crippen molar-refractivity contribution in [3.63, 3.8) is 0 Å². The highest BCUT2D eigenvalue weighted by Gasteiger charge is 2.29. The van der Waals surface area contributed by atoms with Gasteiger partial charge in [-0.05, 0) is 43.5 Å². The van der Waals surface area contributed by atoms with E-state index >= 15 is 0 Å². The summed E-state index contributed by atoms with van der Waals surface area (Å²) in [5.41, 5.74) is 7.10. The maximum absolute atomic E-state index is 13.2. The number of hydrogen-bond donors (Lipinski definition) is 1. The van der Waals surface area contributed by atoms with E-state index in [1.54, 1.807) is 0 Å². The summed E-state index contributed by atoms with van der Waals surface area (Å²) in [5.74, 6) is -0.211. The van der Waals surface area contributed by atoms with Crippen LogP contribution in [0.15, 0.2) is 22.7 Å². The minimum atomic E-state index is -0.211. The number of piperidine rings is 1. The van der Waals surface area contributed by atoms with Crippen LogP contribution in [-0.4, -0.2) is 24.0 Å². The van der Waals surface area contributed by atoms with Crippen LogP contribution in [-0.2, 0) is 0 Å². The molecule has 2 N–H and O–H groups in total. The SMILES string of the molecule is CCC1CCCCN1C(CN)c1ccc(F)cc1Br. The summed E-state index contributed by atoms with van der Waals surface area (Å²) in [4.78, 5) is 2.50. The fraction of sp³-hybridized carbons (Fsp3) is 0.600. The van der Waals surface area contributed by atoms with Crippen molar-refractivity contribution in [3.8, 4) is 0 Å². The molecule has 2 rings (SSSR count). The Balaban J connectivity index is 2.27. The highest BCUT2D eigenvalue weighted by atomic mass is 79.9. The van der Waals surface area contributed by atoms with Gasteiger partial charge in [-0.1, -0.05) is 35.3 Å². The zero-order valence-corrected chi connectivity index (χ0v) is 13.0. The van der Waals surface area contributed by atoms with Crippen LogP contribution in [0.4, 0.5) is 4.39 Å². The van der Waals surface area contributed by atoms with Crippen molar-refractivity contribution in [3.05, 3.63) is 34.1 Å². The van der Waals surface area contributed by atoms with Crippen LogP contribution in [0.2, 0.25) is 0 Å². The highest BCUT2D eigenvalue weighted by Crippen LogP contribution is 2.33. The minimum absolute atomic E-state index is 0.181. The lowest BCUT2D eigenvalue weighted by Gasteiger charge is -2.41. The van der Waals surface area contributed by atoms with Gasteiger partial charge in [-0.2, -0.15) is 0 Å². The molecule has 1 heterocycles. The molecule has 0 aromatic heterocycles.